The molecule has 158 valence electrons. The van der Waals surface area contributed by atoms with Crippen molar-refractivity contribution in [3.05, 3.63) is 87.6 Å². The molecule has 6 heteroatoms. The van der Waals surface area contributed by atoms with Crippen LogP contribution in [-0.4, -0.2) is 54.7 Å². The highest BCUT2D eigenvalue weighted by atomic mass is 32.1. The van der Waals surface area contributed by atoms with Crippen LogP contribution in [0, 0.1) is 0 Å². The molecule has 31 heavy (non-hydrogen) atoms. The van der Waals surface area contributed by atoms with Gasteiger partial charge in [0.2, 0.25) is 0 Å². The minimum absolute atomic E-state index is 0.0901. The molecular formula is C25H24N2O3S. The van der Waals surface area contributed by atoms with Crippen LogP contribution in [0.5, 0.6) is 5.75 Å². The van der Waals surface area contributed by atoms with Gasteiger partial charge in [-0.3, -0.25) is 19.4 Å². The maximum Gasteiger partial charge on any atom is 0.196 e. The minimum Gasteiger partial charge on any atom is -0.497 e. The van der Waals surface area contributed by atoms with Gasteiger partial charge in [0.25, 0.3) is 0 Å². The van der Waals surface area contributed by atoms with E-state index in [9.17, 15) is 9.59 Å². The molecule has 3 aromatic rings. The Morgan fingerprint density at radius 2 is 1.65 bits per heavy atom. The van der Waals surface area contributed by atoms with Crippen molar-refractivity contribution in [2.24, 2.45) is 0 Å². The third-order valence-corrected chi connectivity index (χ3v) is 7.08. The largest absolute Gasteiger partial charge is 0.497 e. The summed E-state index contributed by atoms with van der Waals surface area (Å²) in [6, 6.07) is 17.3. The van der Waals surface area contributed by atoms with Gasteiger partial charge in [-0.1, -0.05) is 36.4 Å². The summed E-state index contributed by atoms with van der Waals surface area (Å²) in [7, 11) is 1.68. The summed E-state index contributed by atoms with van der Waals surface area (Å²) in [5, 5.41) is 3.89. The van der Waals surface area contributed by atoms with Gasteiger partial charge >= 0.3 is 0 Å². The molecule has 0 spiro atoms. The van der Waals surface area contributed by atoms with Crippen LogP contribution in [-0.2, 0) is 12.1 Å². The van der Waals surface area contributed by atoms with Crippen molar-refractivity contribution in [1.29, 1.82) is 0 Å². The molecule has 0 unspecified atom stereocenters. The molecule has 1 aliphatic heterocycles. The SMILES string of the molecule is COc1cccc(CN2CCN(C3(c4ccsc4)C(=O)c4ccccc4C3=O)CC2)c1. The quantitative estimate of drug-likeness (QED) is 0.573. The van der Waals surface area contributed by atoms with Crippen LogP contribution in [0.15, 0.2) is 65.4 Å². The predicted octanol–water partition coefficient (Wildman–Crippen LogP) is 3.85. The van der Waals surface area contributed by atoms with Crippen LogP contribution in [0.25, 0.3) is 0 Å². The molecule has 2 aliphatic rings. The number of piperazine rings is 1. The summed E-state index contributed by atoms with van der Waals surface area (Å²) >= 11 is 1.52. The number of ether oxygens (including phenoxy) is 1. The Morgan fingerprint density at radius 3 is 2.26 bits per heavy atom. The second kappa shape index (κ2) is 8.04. The van der Waals surface area contributed by atoms with E-state index in [0.29, 0.717) is 24.2 Å². The molecule has 2 aromatic carbocycles. The molecule has 1 saturated heterocycles. The summed E-state index contributed by atoms with van der Waals surface area (Å²) in [6.07, 6.45) is 0. The van der Waals surface area contributed by atoms with E-state index in [0.717, 1.165) is 30.9 Å². The fourth-order valence-electron chi connectivity index (χ4n) is 4.84. The monoisotopic (exact) mass is 432 g/mol. The topological polar surface area (TPSA) is 49.9 Å². The lowest BCUT2D eigenvalue weighted by Gasteiger charge is -2.43. The van der Waals surface area contributed by atoms with E-state index in [1.807, 2.05) is 41.1 Å². The zero-order chi connectivity index (χ0) is 21.4. The number of fused-ring (bicyclic) bond motifs is 1. The number of carbonyl (C=O) groups excluding carboxylic acids is 2. The lowest BCUT2D eigenvalue weighted by molar-refractivity contribution is 0.0280. The predicted molar refractivity (Wildman–Crippen MR) is 121 cm³/mol. The van der Waals surface area contributed by atoms with E-state index < -0.39 is 5.54 Å². The fraction of sp³-hybridized carbons (Fsp3) is 0.280. The molecule has 5 nitrogen and oxygen atoms in total. The normalized spacial score (nSPS) is 18.9. The standard InChI is InChI=1S/C25H24N2O3S/c1-30-20-6-4-5-18(15-20)16-26-10-12-27(13-11-26)25(19-9-14-31-17-19)23(28)21-7-2-3-8-22(21)24(25)29/h2-9,14-15,17H,10-13,16H2,1H3. The Hall–Kier alpha value is -2.80. The van der Waals surface area contributed by atoms with Crippen molar-refractivity contribution >= 4 is 22.9 Å². The molecule has 2 heterocycles. The van der Waals surface area contributed by atoms with Gasteiger partial charge < -0.3 is 4.74 Å². The first kappa shape index (κ1) is 20.1. The molecule has 1 fully saturated rings. The average Bonchev–Trinajstić information content (AvgIpc) is 3.42. The number of carbonyl (C=O) groups is 2. The van der Waals surface area contributed by atoms with Crippen molar-refractivity contribution < 1.29 is 14.3 Å². The van der Waals surface area contributed by atoms with Crippen LogP contribution in [0.4, 0.5) is 0 Å². The minimum atomic E-state index is -1.23. The van der Waals surface area contributed by atoms with E-state index >= 15 is 0 Å². The number of hydrogen-bond acceptors (Lipinski definition) is 6. The van der Waals surface area contributed by atoms with Gasteiger partial charge in [-0.05, 0) is 40.1 Å². The van der Waals surface area contributed by atoms with Crippen LogP contribution >= 0.6 is 11.3 Å². The summed E-state index contributed by atoms with van der Waals surface area (Å²) in [4.78, 5) is 31.8. The van der Waals surface area contributed by atoms with Crippen LogP contribution in [0.1, 0.15) is 31.8 Å². The number of benzene rings is 2. The van der Waals surface area contributed by atoms with E-state index in [1.165, 1.54) is 16.9 Å². The lowest BCUT2D eigenvalue weighted by Crippen LogP contribution is -2.60. The van der Waals surface area contributed by atoms with Crippen molar-refractivity contribution in [1.82, 2.24) is 9.80 Å². The van der Waals surface area contributed by atoms with Crippen molar-refractivity contribution in [2.75, 3.05) is 33.3 Å². The van der Waals surface area contributed by atoms with Gasteiger partial charge in [0.05, 0.1) is 7.11 Å². The second-order valence-corrected chi connectivity index (χ2v) is 8.82. The smallest absolute Gasteiger partial charge is 0.196 e. The Bertz CT molecular complexity index is 1080. The van der Waals surface area contributed by atoms with Crippen molar-refractivity contribution in [2.45, 2.75) is 12.1 Å². The number of Topliss-reactive ketones (excluding diaryl/α,β-unsaturated/α-hetero) is 2. The van der Waals surface area contributed by atoms with Crippen molar-refractivity contribution in [3.63, 3.8) is 0 Å². The first-order valence-electron chi connectivity index (χ1n) is 10.5. The molecule has 0 bridgehead atoms. The second-order valence-electron chi connectivity index (χ2n) is 8.04. The van der Waals surface area contributed by atoms with E-state index in [4.69, 9.17) is 4.74 Å². The van der Waals surface area contributed by atoms with E-state index in [1.54, 1.807) is 19.2 Å². The van der Waals surface area contributed by atoms with Crippen LogP contribution < -0.4 is 4.74 Å². The Morgan fingerprint density at radius 1 is 0.935 bits per heavy atom. The molecule has 0 saturated carbocycles. The Kier molecular flexibility index (Phi) is 5.22. The molecular weight excluding hydrogens is 408 g/mol. The summed E-state index contributed by atoms with van der Waals surface area (Å²) in [6.45, 7) is 3.72. The van der Waals surface area contributed by atoms with Gasteiger partial charge in [-0.25, -0.2) is 0 Å². The van der Waals surface area contributed by atoms with Gasteiger partial charge in [0.15, 0.2) is 17.1 Å². The zero-order valence-corrected chi connectivity index (χ0v) is 18.2. The Labute approximate surface area is 185 Å². The van der Waals surface area contributed by atoms with Gasteiger partial charge in [-0.15, -0.1) is 0 Å². The molecule has 5 rings (SSSR count). The average molecular weight is 433 g/mol. The maximum absolute atomic E-state index is 13.7. The highest BCUT2D eigenvalue weighted by Gasteiger charge is 2.58. The number of rotatable bonds is 5. The molecule has 0 amide bonds. The molecule has 0 N–H and O–H groups in total. The first-order chi connectivity index (χ1) is 15.1. The maximum atomic E-state index is 13.7. The number of ketones is 2. The summed E-state index contributed by atoms with van der Waals surface area (Å²) < 4.78 is 5.34. The summed E-state index contributed by atoms with van der Waals surface area (Å²) in [5.41, 5.74) is 1.84. The number of methoxy groups -OCH3 is 1. The molecule has 1 aromatic heterocycles. The summed E-state index contributed by atoms with van der Waals surface area (Å²) in [5.74, 6) is 0.674. The number of nitrogens with zero attached hydrogens (tertiary/aromatic N) is 2. The fourth-order valence-corrected chi connectivity index (χ4v) is 5.54. The number of hydrogen-bond donors (Lipinski definition) is 0. The molecule has 0 radical (unpaired) electrons. The van der Waals surface area contributed by atoms with Gasteiger partial charge in [0, 0.05) is 43.9 Å². The van der Waals surface area contributed by atoms with Crippen LogP contribution in [0.2, 0.25) is 0 Å². The highest BCUT2D eigenvalue weighted by Crippen LogP contribution is 2.43. The zero-order valence-electron chi connectivity index (χ0n) is 17.4. The number of thiophene rings is 1. The molecule has 1 aliphatic carbocycles. The van der Waals surface area contributed by atoms with Crippen LogP contribution in [0.3, 0.4) is 0 Å². The molecule has 0 atom stereocenters. The third-order valence-electron chi connectivity index (χ3n) is 6.40. The Balaban J connectivity index is 1.41. The van der Waals surface area contributed by atoms with E-state index in [2.05, 4.69) is 21.9 Å². The first-order valence-corrected chi connectivity index (χ1v) is 11.4. The van der Waals surface area contributed by atoms with Crippen molar-refractivity contribution in [3.8, 4) is 5.75 Å². The van der Waals surface area contributed by atoms with Gasteiger partial charge in [-0.2, -0.15) is 11.3 Å². The van der Waals surface area contributed by atoms with E-state index in [-0.39, 0.29) is 11.6 Å². The lowest BCUT2D eigenvalue weighted by atomic mass is 9.84. The van der Waals surface area contributed by atoms with Gasteiger partial charge in [0.1, 0.15) is 5.75 Å². The highest BCUT2D eigenvalue weighted by molar-refractivity contribution is 7.08. The third kappa shape index (κ3) is 3.22.